The van der Waals surface area contributed by atoms with E-state index in [4.69, 9.17) is 38.3 Å². The van der Waals surface area contributed by atoms with Gasteiger partial charge in [0.2, 0.25) is 0 Å². The summed E-state index contributed by atoms with van der Waals surface area (Å²) < 4.78 is 1.91. The van der Waals surface area contributed by atoms with E-state index in [9.17, 15) is 0 Å². The second-order valence-electron chi connectivity index (χ2n) is 9.89. The molecule has 1 N–H and O–H groups in total. The first-order chi connectivity index (χ1) is 19.5. The highest BCUT2D eigenvalue weighted by atomic mass is 35.5. The predicted molar refractivity (Wildman–Crippen MR) is 165 cm³/mol. The minimum Gasteiger partial charge on any atom is -0.337 e. The standard InChI is InChI=1S/C32H24Cl2N6/c1-19-12-15-22(16-13-19)35-30-32-37-31-28(20(2)38-40(31)23-8-4-3-5-9-23)29(21-14-17-24(33)25(34)18-21)39(32)27-11-7-6-10-26(27)36-30/h3-18,29H,1-2H3,(H,35,36)/t29-/m1/s1. The van der Waals surface area contributed by atoms with Gasteiger partial charge >= 0.3 is 0 Å². The number of anilines is 2. The van der Waals surface area contributed by atoms with Gasteiger partial charge in [0.15, 0.2) is 17.5 Å². The first-order valence-corrected chi connectivity index (χ1v) is 13.7. The van der Waals surface area contributed by atoms with Gasteiger partial charge < -0.3 is 10.2 Å². The second kappa shape index (κ2) is 9.66. The molecular formula is C32H24Cl2N6. The predicted octanol–water partition coefficient (Wildman–Crippen LogP) is 8.59. The first-order valence-electron chi connectivity index (χ1n) is 13.0. The minimum atomic E-state index is -0.277. The van der Waals surface area contributed by atoms with E-state index in [2.05, 4.69) is 35.3 Å². The van der Waals surface area contributed by atoms with E-state index in [-0.39, 0.29) is 6.04 Å². The number of halogens is 2. The number of benzene rings is 4. The van der Waals surface area contributed by atoms with Gasteiger partial charge in [-0.3, -0.25) is 0 Å². The van der Waals surface area contributed by atoms with E-state index >= 15 is 0 Å². The number of fused-ring (bicyclic) bond motifs is 4. The number of aromatic nitrogens is 2. The molecule has 0 spiro atoms. The van der Waals surface area contributed by atoms with Gasteiger partial charge in [0.1, 0.15) is 0 Å². The van der Waals surface area contributed by atoms with Crippen molar-refractivity contribution >= 4 is 57.8 Å². The molecule has 0 fully saturated rings. The van der Waals surface area contributed by atoms with Crippen LogP contribution in [0.1, 0.15) is 28.4 Å². The highest BCUT2D eigenvalue weighted by Crippen LogP contribution is 2.48. The maximum Gasteiger partial charge on any atom is 0.179 e. The van der Waals surface area contributed by atoms with Crippen LogP contribution in [0.25, 0.3) is 5.69 Å². The third-order valence-electron chi connectivity index (χ3n) is 7.21. The van der Waals surface area contributed by atoms with E-state index in [1.807, 2.05) is 90.5 Å². The van der Waals surface area contributed by atoms with Crippen molar-refractivity contribution in [3.63, 3.8) is 0 Å². The lowest BCUT2D eigenvalue weighted by Gasteiger charge is -2.40. The molecule has 2 aliphatic heterocycles. The van der Waals surface area contributed by atoms with Crippen LogP contribution in [-0.4, -0.2) is 21.5 Å². The Morgan fingerprint density at radius 3 is 2.30 bits per heavy atom. The second-order valence-corrected chi connectivity index (χ2v) is 10.7. The van der Waals surface area contributed by atoms with Gasteiger partial charge in [0.25, 0.3) is 0 Å². The van der Waals surface area contributed by atoms with E-state index < -0.39 is 0 Å². The molecule has 1 atom stereocenters. The number of aliphatic imine (C=N–C) groups is 2. The van der Waals surface area contributed by atoms with Crippen LogP contribution in [0, 0.1) is 13.8 Å². The molecule has 0 unspecified atom stereocenters. The fourth-order valence-electron chi connectivity index (χ4n) is 5.32. The lowest BCUT2D eigenvalue weighted by molar-refractivity contribution is 0.815. The maximum atomic E-state index is 6.59. The molecule has 8 heteroatoms. The molecule has 0 radical (unpaired) electrons. The van der Waals surface area contributed by atoms with Gasteiger partial charge in [-0.25, -0.2) is 14.7 Å². The summed E-state index contributed by atoms with van der Waals surface area (Å²) in [5.41, 5.74) is 7.69. The van der Waals surface area contributed by atoms with Gasteiger partial charge in [-0.1, -0.05) is 77.3 Å². The summed E-state index contributed by atoms with van der Waals surface area (Å²) in [4.78, 5) is 12.5. The summed E-state index contributed by atoms with van der Waals surface area (Å²) in [6.07, 6.45) is 0. The van der Waals surface area contributed by atoms with Gasteiger partial charge in [0, 0.05) is 11.3 Å². The Hall–Kier alpha value is -4.39. The van der Waals surface area contributed by atoms with Crippen LogP contribution in [0.15, 0.2) is 107 Å². The monoisotopic (exact) mass is 562 g/mol. The summed E-state index contributed by atoms with van der Waals surface area (Å²) in [5.74, 6) is 2.10. The molecule has 3 heterocycles. The Morgan fingerprint density at radius 1 is 0.775 bits per heavy atom. The fraction of sp³-hybridized carbons (Fsp3) is 0.0938. The summed E-state index contributed by atoms with van der Waals surface area (Å²) in [6.45, 7) is 4.10. The number of hydrogen-bond donors (Lipinski definition) is 1. The van der Waals surface area contributed by atoms with E-state index in [0.717, 1.165) is 45.4 Å². The maximum absolute atomic E-state index is 6.59. The molecule has 4 aromatic carbocycles. The molecular weight excluding hydrogens is 539 g/mol. The number of amidine groups is 2. The largest absolute Gasteiger partial charge is 0.337 e. The van der Waals surface area contributed by atoms with E-state index in [1.54, 1.807) is 0 Å². The average molecular weight is 563 g/mol. The minimum absolute atomic E-state index is 0.277. The Kier molecular flexibility index (Phi) is 5.95. The average Bonchev–Trinajstić information content (AvgIpc) is 3.31. The summed E-state index contributed by atoms with van der Waals surface area (Å²) in [5, 5.41) is 9.52. The number of nitrogens with one attached hydrogen (secondary N) is 1. The van der Waals surface area contributed by atoms with Gasteiger partial charge in [-0.05, 0) is 67.9 Å². The molecule has 6 nitrogen and oxygen atoms in total. The van der Waals surface area contributed by atoms with Gasteiger partial charge in [0.05, 0.1) is 38.8 Å². The molecule has 0 saturated carbocycles. The summed E-state index contributed by atoms with van der Waals surface area (Å²) >= 11 is 13.0. The Labute approximate surface area is 242 Å². The molecule has 40 heavy (non-hydrogen) atoms. The van der Waals surface area contributed by atoms with Crippen molar-refractivity contribution in [1.82, 2.24) is 9.78 Å². The first kappa shape index (κ1) is 24.6. The van der Waals surface area contributed by atoms with E-state index in [1.165, 1.54) is 5.56 Å². The van der Waals surface area contributed by atoms with Crippen LogP contribution in [0.3, 0.4) is 0 Å². The van der Waals surface area contributed by atoms with Crippen LogP contribution in [0.5, 0.6) is 0 Å². The van der Waals surface area contributed by atoms with Gasteiger partial charge in [-0.15, -0.1) is 0 Å². The molecule has 0 bridgehead atoms. The highest BCUT2D eigenvalue weighted by molar-refractivity contribution is 6.51. The van der Waals surface area contributed by atoms with Crippen LogP contribution >= 0.6 is 23.2 Å². The topological polar surface area (TPSA) is 57.8 Å². The molecule has 0 amide bonds. The smallest absolute Gasteiger partial charge is 0.179 e. The molecule has 196 valence electrons. The highest BCUT2D eigenvalue weighted by Gasteiger charge is 2.41. The zero-order chi connectivity index (χ0) is 27.4. The van der Waals surface area contributed by atoms with Crippen molar-refractivity contribution in [3.8, 4) is 5.69 Å². The fourth-order valence-corrected chi connectivity index (χ4v) is 5.62. The SMILES string of the molecule is Cc1ccc(NC2=Nc3ccccc3N3C2=Nc2c(c(C)nn2-c2ccccc2)[C@H]3c2ccc(Cl)c(Cl)c2)cc1. The lowest BCUT2D eigenvalue weighted by atomic mass is 9.93. The zero-order valence-corrected chi connectivity index (χ0v) is 23.3. The quantitative estimate of drug-likeness (QED) is 0.239. The summed E-state index contributed by atoms with van der Waals surface area (Å²) in [7, 11) is 0. The molecule has 2 aliphatic rings. The third kappa shape index (κ3) is 4.08. The zero-order valence-electron chi connectivity index (χ0n) is 21.8. The number of hydrogen-bond acceptors (Lipinski definition) is 5. The van der Waals surface area contributed by atoms with Crippen LogP contribution in [0.4, 0.5) is 22.9 Å². The van der Waals surface area contributed by atoms with Crippen molar-refractivity contribution in [1.29, 1.82) is 0 Å². The number of para-hydroxylation sites is 3. The molecule has 0 aliphatic carbocycles. The van der Waals surface area contributed by atoms with E-state index in [0.29, 0.717) is 21.7 Å². The third-order valence-corrected chi connectivity index (χ3v) is 7.95. The molecule has 7 rings (SSSR count). The number of aryl methyl sites for hydroxylation is 2. The van der Waals surface area contributed by atoms with Crippen LogP contribution in [0.2, 0.25) is 10.0 Å². The Bertz CT molecular complexity index is 1820. The van der Waals surface area contributed by atoms with Crippen molar-refractivity contribution < 1.29 is 0 Å². The van der Waals surface area contributed by atoms with Gasteiger partial charge in [-0.2, -0.15) is 5.10 Å². The lowest BCUT2D eigenvalue weighted by Crippen LogP contribution is -2.46. The molecule has 1 aromatic heterocycles. The van der Waals surface area contributed by atoms with Crippen molar-refractivity contribution in [3.05, 3.63) is 129 Å². The summed E-state index contributed by atoms with van der Waals surface area (Å²) in [6, 6.07) is 31.9. The molecule has 5 aromatic rings. The Balaban J connectivity index is 1.50. The number of nitrogens with zero attached hydrogens (tertiary/aromatic N) is 5. The van der Waals surface area contributed by atoms with Crippen molar-refractivity contribution in [2.75, 3.05) is 10.2 Å². The van der Waals surface area contributed by atoms with Crippen molar-refractivity contribution in [2.24, 2.45) is 9.98 Å². The Morgan fingerprint density at radius 2 is 1.52 bits per heavy atom. The van der Waals surface area contributed by atoms with Crippen LogP contribution in [-0.2, 0) is 0 Å². The molecule has 0 saturated heterocycles. The van der Waals surface area contributed by atoms with Crippen LogP contribution < -0.4 is 10.2 Å². The normalized spacial score (nSPS) is 15.5. The van der Waals surface area contributed by atoms with Crippen molar-refractivity contribution in [2.45, 2.75) is 19.9 Å². The number of rotatable bonds is 3.